The average molecular weight is 511 g/mol. The van der Waals surface area contributed by atoms with Gasteiger partial charge in [-0.2, -0.15) is 0 Å². The van der Waals surface area contributed by atoms with Crippen LogP contribution in [0.5, 0.6) is 11.5 Å². The summed E-state index contributed by atoms with van der Waals surface area (Å²) < 4.78 is 18.6. The molecule has 0 aliphatic rings. The Bertz CT molecular complexity index is 1050. The van der Waals surface area contributed by atoms with Crippen LogP contribution in [-0.2, 0) is 4.52 Å². The number of rotatable bonds is 7. The van der Waals surface area contributed by atoms with E-state index < -0.39 is 6.83 Å². The molecule has 4 aromatic rings. The van der Waals surface area contributed by atoms with Gasteiger partial charge in [0.25, 0.3) is 0 Å². The van der Waals surface area contributed by atoms with Crippen LogP contribution >= 0.6 is 23.8 Å². The Morgan fingerprint density at radius 1 is 0.500 bits per heavy atom. The first-order chi connectivity index (χ1) is 15.2. The van der Waals surface area contributed by atoms with E-state index in [0.29, 0.717) is 11.5 Å². The fourth-order valence-corrected chi connectivity index (χ4v) is 10.4. The molecule has 3 nitrogen and oxygen atoms in total. The molecule has 0 amide bonds. The molecule has 0 atom stereocenters. The molecule has 0 fully saturated rings. The second-order valence-electron chi connectivity index (χ2n) is 7.24. The van der Waals surface area contributed by atoms with Crippen molar-refractivity contribution in [3.05, 3.63) is 109 Å². The standard InChI is InChI=1S/C27H27O3P.BrH/c1-28-25-20-13-21-26(27(25)29-2)31(30-3,22-14-7-4-8-15-22,23-16-9-5-10-17-23)24-18-11-6-12-19-24;/h4-21H,1-3H3;1H. The first-order valence-corrected chi connectivity index (χ1v) is 12.3. The molecule has 0 aliphatic carbocycles. The topological polar surface area (TPSA) is 27.7 Å². The summed E-state index contributed by atoms with van der Waals surface area (Å²) in [6.45, 7) is -3.67. The van der Waals surface area contributed by atoms with Gasteiger partial charge in [0.2, 0.25) is 0 Å². The first kappa shape index (κ1) is 24.0. The molecule has 4 rings (SSSR count). The van der Waals surface area contributed by atoms with E-state index in [1.54, 1.807) is 14.2 Å². The van der Waals surface area contributed by atoms with Crippen molar-refractivity contribution in [3.63, 3.8) is 0 Å². The third-order valence-electron chi connectivity index (χ3n) is 5.95. The van der Waals surface area contributed by atoms with Crippen LogP contribution in [0.2, 0.25) is 0 Å². The maximum absolute atomic E-state index is 6.91. The Morgan fingerprint density at radius 2 is 0.938 bits per heavy atom. The van der Waals surface area contributed by atoms with Crippen molar-refractivity contribution in [1.82, 2.24) is 0 Å². The van der Waals surface area contributed by atoms with Gasteiger partial charge in [-0.1, -0.05) is 0 Å². The van der Waals surface area contributed by atoms with Gasteiger partial charge in [-0.05, 0) is 0 Å². The Morgan fingerprint density at radius 3 is 1.28 bits per heavy atom. The molecule has 0 N–H and O–H groups in total. The quantitative estimate of drug-likeness (QED) is 0.327. The fraction of sp³-hybridized carbons (Fsp3) is 0.111. The molecule has 0 radical (unpaired) electrons. The molecule has 0 saturated carbocycles. The molecule has 0 aliphatic heterocycles. The second kappa shape index (κ2) is 9.87. The Hall–Kier alpha value is -2.65. The average Bonchev–Trinajstić information content (AvgIpc) is 2.87. The number of hydrogen-bond donors (Lipinski definition) is 0. The molecule has 4 aromatic carbocycles. The first-order valence-electron chi connectivity index (χ1n) is 10.2. The van der Waals surface area contributed by atoms with Gasteiger partial charge in [0, 0.05) is 0 Å². The maximum atomic E-state index is 6.91. The Kier molecular flexibility index (Phi) is 7.40. The van der Waals surface area contributed by atoms with E-state index in [1.807, 2.05) is 37.4 Å². The van der Waals surface area contributed by atoms with Crippen LogP contribution in [0.1, 0.15) is 0 Å². The van der Waals surface area contributed by atoms with Crippen molar-refractivity contribution < 1.29 is 14.0 Å². The van der Waals surface area contributed by atoms with Gasteiger partial charge >= 0.3 is 184 Å². The molecule has 0 bridgehead atoms. The zero-order valence-electron chi connectivity index (χ0n) is 18.5. The number of methoxy groups -OCH3 is 2. The summed E-state index contributed by atoms with van der Waals surface area (Å²) in [6, 6.07) is 37.4. The van der Waals surface area contributed by atoms with Crippen LogP contribution in [0.4, 0.5) is 0 Å². The van der Waals surface area contributed by atoms with Crippen molar-refractivity contribution in [1.29, 1.82) is 0 Å². The minimum atomic E-state index is -3.67. The summed E-state index contributed by atoms with van der Waals surface area (Å²) in [5, 5.41) is 4.26. The van der Waals surface area contributed by atoms with Crippen LogP contribution in [0.25, 0.3) is 0 Å². The van der Waals surface area contributed by atoms with Crippen molar-refractivity contribution in [3.8, 4) is 11.5 Å². The van der Waals surface area contributed by atoms with Crippen molar-refractivity contribution in [2.45, 2.75) is 0 Å². The predicted octanol–water partition coefficient (Wildman–Crippen LogP) is 5.00. The van der Waals surface area contributed by atoms with E-state index in [2.05, 4.69) is 78.9 Å². The third-order valence-corrected chi connectivity index (χ3v) is 11.8. The molecular weight excluding hydrogens is 483 g/mol. The zero-order chi connectivity index (χ0) is 21.8. The van der Waals surface area contributed by atoms with E-state index in [-0.39, 0.29) is 17.0 Å². The van der Waals surface area contributed by atoms with Gasteiger partial charge in [-0.15, -0.1) is 17.0 Å². The molecule has 0 spiro atoms. The normalized spacial score (nSPS) is 12.2. The molecule has 0 heterocycles. The summed E-state index contributed by atoms with van der Waals surface area (Å²) in [7, 11) is 5.16. The Balaban J connectivity index is 0.00000289. The summed E-state index contributed by atoms with van der Waals surface area (Å²) >= 11 is 0. The van der Waals surface area contributed by atoms with Crippen LogP contribution in [-0.4, -0.2) is 21.3 Å². The molecule has 5 heteroatoms. The molecule has 0 unspecified atom stereocenters. The summed E-state index contributed by atoms with van der Waals surface area (Å²) in [5.74, 6) is 1.36. The minimum absolute atomic E-state index is 0. The van der Waals surface area contributed by atoms with E-state index in [1.165, 1.54) is 0 Å². The van der Waals surface area contributed by atoms with E-state index in [0.717, 1.165) is 21.2 Å². The summed E-state index contributed by atoms with van der Waals surface area (Å²) in [5.41, 5.74) is 0. The van der Waals surface area contributed by atoms with Gasteiger partial charge < -0.3 is 0 Å². The van der Waals surface area contributed by atoms with Gasteiger partial charge in [0.1, 0.15) is 0 Å². The number of halogens is 1. The van der Waals surface area contributed by atoms with E-state index >= 15 is 0 Å². The zero-order valence-corrected chi connectivity index (χ0v) is 21.1. The predicted molar refractivity (Wildman–Crippen MR) is 142 cm³/mol. The van der Waals surface area contributed by atoms with Crippen LogP contribution in [0, 0.1) is 0 Å². The van der Waals surface area contributed by atoms with Crippen molar-refractivity contribution in [2.24, 2.45) is 0 Å². The molecule has 0 aromatic heterocycles. The molecule has 166 valence electrons. The molecular formula is C27H28BrO3P. The Labute approximate surface area is 200 Å². The summed E-state index contributed by atoms with van der Waals surface area (Å²) in [6.07, 6.45) is 0. The van der Waals surface area contributed by atoms with Crippen LogP contribution < -0.4 is 30.7 Å². The number of ether oxygens (including phenoxy) is 2. The van der Waals surface area contributed by atoms with Gasteiger partial charge in [0.05, 0.1) is 0 Å². The molecule has 32 heavy (non-hydrogen) atoms. The molecule has 0 saturated heterocycles. The number of para-hydroxylation sites is 1. The van der Waals surface area contributed by atoms with Crippen molar-refractivity contribution in [2.75, 3.05) is 21.3 Å². The third kappa shape index (κ3) is 3.34. The number of hydrogen-bond acceptors (Lipinski definition) is 3. The SMILES string of the molecule is Br.COc1cccc(P(OC)(c2ccccc2)(c2ccccc2)c2ccccc2)c1OC. The van der Waals surface area contributed by atoms with Crippen molar-refractivity contribution >= 4 is 45.0 Å². The summed E-state index contributed by atoms with van der Waals surface area (Å²) in [4.78, 5) is 0. The van der Waals surface area contributed by atoms with E-state index in [4.69, 9.17) is 14.0 Å². The van der Waals surface area contributed by atoms with Crippen LogP contribution in [0.15, 0.2) is 109 Å². The number of benzene rings is 4. The van der Waals surface area contributed by atoms with E-state index in [9.17, 15) is 0 Å². The fourth-order valence-electron chi connectivity index (χ4n) is 4.62. The van der Waals surface area contributed by atoms with Crippen LogP contribution in [0.3, 0.4) is 0 Å². The second-order valence-corrected chi connectivity index (χ2v) is 11.7. The van der Waals surface area contributed by atoms with Gasteiger partial charge in [-0.25, -0.2) is 0 Å². The monoisotopic (exact) mass is 510 g/mol. The van der Waals surface area contributed by atoms with Gasteiger partial charge in [-0.3, -0.25) is 0 Å². The van der Waals surface area contributed by atoms with Gasteiger partial charge in [0.15, 0.2) is 0 Å².